The molecule has 0 heterocycles. The summed E-state index contributed by atoms with van der Waals surface area (Å²) in [6, 6.07) is 0. The molecule has 0 aliphatic rings. The third-order valence-corrected chi connectivity index (χ3v) is 2.19. The standard InChI is InChI=1S/C12H22O/c1-4-6-7-8-10-11(3)12(13)9-5-2/h5,10,12-13H,2,4,6-9H2,1,3H3/b11-10+/t12-/m0/s1. The summed E-state index contributed by atoms with van der Waals surface area (Å²) in [4.78, 5) is 0. The van der Waals surface area contributed by atoms with E-state index >= 15 is 0 Å². The van der Waals surface area contributed by atoms with Gasteiger partial charge >= 0.3 is 0 Å². The van der Waals surface area contributed by atoms with E-state index in [4.69, 9.17) is 0 Å². The average Bonchev–Trinajstić information content (AvgIpc) is 2.12. The van der Waals surface area contributed by atoms with Gasteiger partial charge in [0.05, 0.1) is 6.10 Å². The minimum absolute atomic E-state index is 0.320. The highest BCUT2D eigenvalue weighted by atomic mass is 16.3. The molecule has 1 atom stereocenters. The average molecular weight is 182 g/mol. The van der Waals surface area contributed by atoms with E-state index in [-0.39, 0.29) is 6.10 Å². The number of hydrogen-bond acceptors (Lipinski definition) is 1. The third kappa shape index (κ3) is 6.59. The molecule has 0 aliphatic carbocycles. The predicted molar refractivity (Wildman–Crippen MR) is 58.7 cm³/mol. The Labute approximate surface area is 82.2 Å². The minimum atomic E-state index is -0.320. The van der Waals surface area contributed by atoms with Gasteiger partial charge in [0, 0.05) is 0 Å². The van der Waals surface area contributed by atoms with Crippen molar-refractivity contribution in [2.75, 3.05) is 0 Å². The van der Waals surface area contributed by atoms with E-state index in [1.807, 2.05) is 6.92 Å². The molecule has 0 bridgehead atoms. The molecule has 0 aromatic rings. The zero-order chi connectivity index (χ0) is 10.1. The van der Waals surface area contributed by atoms with Crippen molar-refractivity contribution in [3.05, 3.63) is 24.3 Å². The molecular formula is C12H22O. The zero-order valence-electron chi connectivity index (χ0n) is 8.92. The topological polar surface area (TPSA) is 20.2 Å². The molecule has 0 saturated carbocycles. The lowest BCUT2D eigenvalue weighted by Crippen LogP contribution is -2.05. The number of rotatable bonds is 7. The summed E-state index contributed by atoms with van der Waals surface area (Å²) in [7, 11) is 0. The molecule has 13 heavy (non-hydrogen) atoms. The number of unbranched alkanes of at least 4 members (excludes halogenated alkanes) is 3. The van der Waals surface area contributed by atoms with Gasteiger partial charge in [-0.05, 0) is 31.8 Å². The van der Waals surface area contributed by atoms with Crippen LogP contribution in [0.1, 0.15) is 46.0 Å². The van der Waals surface area contributed by atoms with E-state index in [1.165, 1.54) is 19.3 Å². The van der Waals surface area contributed by atoms with Crippen LogP contribution in [-0.2, 0) is 0 Å². The van der Waals surface area contributed by atoms with Crippen LogP contribution in [0, 0.1) is 0 Å². The summed E-state index contributed by atoms with van der Waals surface area (Å²) in [6.45, 7) is 7.79. The van der Waals surface area contributed by atoms with Crippen LogP contribution in [-0.4, -0.2) is 11.2 Å². The molecule has 0 aromatic carbocycles. The first-order chi connectivity index (χ1) is 6.22. The lowest BCUT2D eigenvalue weighted by atomic mass is 10.1. The maximum Gasteiger partial charge on any atom is 0.0781 e. The molecule has 0 spiro atoms. The van der Waals surface area contributed by atoms with Crippen LogP contribution in [0.25, 0.3) is 0 Å². The Kier molecular flexibility index (Phi) is 7.71. The molecule has 1 N–H and O–H groups in total. The second kappa shape index (κ2) is 8.06. The van der Waals surface area contributed by atoms with Crippen LogP contribution in [0.3, 0.4) is 0 Å². The first-order valence-electron chi connectivity index (χ1n) is 5.18. The van der Waals surface area contributed by atoms with Crippen LogP contribution in [0.15, 0.2) is 24.3 Å². The zero-order valence-corrected chi connectivity index (χ0v) is 8.92. The van der Waals surface area contributed by atoms with Crippen molar-refractivity contribution in [3.63, 3.8) is 0 Å². The fourth-order valence-corrected chi connectivity index (χ4v) is 1.20. The molecule has 0 amide bonds. The summed E-state index contributed by atoms with van der Waals surface area (Å²) in [5, 5.41) is 9.53. The lowest BCUT2D eigenvalue weighted by Gasteiger charge is -2.07. The lowest BCUT2D eigenvalue weighted by molar-refractivity contribution is 0.214. The monoisotopic (exact) mass is 182 g/mol. The van der Waals surface area contributed by atoms with E-state index < -0.39 is 0 Å². The molecule has 0 unspecified atom stereocenters. The van der Waals surface area contributed by atoms with Gasteiger partial charge in [-0.3, -0.25) is 0 Å². The Morgan fingerprint density at radius 1 is 1.46 bits per heavy atom. The predicted octanol–water partition coefficient (Wildman–Crippen LogP) is 3.45. The SMILES string of the molecule is C=CC[C@H](O)/C(C)=C/CCCCC. The Morgan fingerprint density at radius 3 is 2.69 bits per heavy atom. The first kappa shape index (κ1) is 12.4. The molecule has 0 aliphatic heterocycles. The van der Waals surface area contributed by atoms with E-state index in [9.17, 15) is 5.11 Å². The van der Waals surface area contributed by atoms with Crippen LogP contribution in [0.2, 0.25) is 0 Å². The molecule has 0 rings (SSSR count). The number of aliphatic hydroxyl groups excluding tert-OH is 1. The maximum absolute atomic E-state index is 9.53. The first-order valence-corrected chi connectivity index (χ1v) is 5.18. The maximum atomic E-state index is 9.53. The van der Waals surface area contributed by atoms with Gasteiger partial charge in [0.1, 0.15) is 0 Å². The third-order valence-electron chi connectivity index (χ3n) is 2.19. The number of aliphatic hydroxyl groups is 1. The van der Waals surface area contributed by atoms with Gasteiger partial charge < -0.3 is 5.11 Å². The fraction of sp³-hybridized carbons (Fsp3) is 0.667. The van der Waals surface area contributed by atoms with Crippen LogP contribution < -0.4 is 0 Å². The van der Waals surface area contributed by atoms with Crippen LogP contribution in [0.4, 0.5) is 0 Å². The quantitative estimate of drug-likeness (QED) is 0.472. The second-order valence-electron chi connectivity index (χ2n) is 3.48. The second-order valence-corrected chi connectivity index (χ2v) is 3.48. The van der Waals surface area contributed by atoms with Crippen molar-refractivity contribution < 1.29 is 5.11 Å². The van der Waals surface area contributed by atoms with Crippen molar-refractivity contribution in [2.45, 2.75) is 52.1 Å². The van der Waals surface area contributed by atoms with Gasteiger partial charge in [-0.15, -0.1) is 6.58 Å². The molecule has 1 heteroatoms. The Hall–Kier alpha value is -0.560. The minimum Gasteiger partial charge on any atom is -0.388 e. The number of hydrogen-bond donors (Lipinski definition) is 1. The molecule has 0 saturated heterocycles. The molecule has 1 nitrogen and oxygen atoms in total. The largest absolute Gasteiger partial charge is 0.388 e. The number of allylic oxidation sites excluding steroid dienone is 1. The molecular weight excluding hydrogens is 160 g/mol. The summed E-state index contributed by atoms with van der Waals surface area (Å²) in [6.07, 6.45) is 9.10. The van der Waals surface area contributed by atoms with Crippen molar-refractivity contribution >= 4 is 0 Å². The Morgan fingerprint density at radius 2 is 2.15 bits per heavy atom. The Balaban J connectivity index is 3.66. The van der Waals surface area contributed by atoms with E-state index in [0.29, 0.717) is 6.42 Å². The van der Waals surface area contributed by atoms with Gasteiger partial charge in [-0.2, -0.15) is 0 Å². The van der Waals surface area contributed by atoms with Gasteiger partial charge in [0.25, 0.3) is 0 Å². The molecule has 76 valence electrons. The summed E-state index contributed by atoms with van der Waals surface area (Å²) < 4.78 is 0. The van der Waals surface area contributed by atoms with E-state index in [1.54, 1.807) is 6.08 Å². The van der Waals surface area contributed by atoms with E-state index in [0.717, 1.165) is 12.0 Å². The van der Waals surface area contributed by atoms with Crippen LogP contribution in [0.5, 0.6) is 0 Å². The smallest absolute Gasteiger partial charge is 0.0781 e. The highest BCUT2D eigenvalue weighted by Gasteiger charge is 2.02. The highest BCUT2D eigenvalue weighted by molar-refractivity contribution is 5.05. The Bertz CT molecular complexity index is 159. The van der Waals surface area contributed by atoms with Gasteiger partial charge in [0.2, 0.25) is 0 Å². The molecule has 0 radical (unpaired) electrons. The van der Waals surface area contributed by atoms with Crippen molar-refractivity contribution in [1.29, 1.82) is 0 Å². The van der Waals surface area contributed by atoms with Gasteiger partial charge in [-0.25, -0.2) is 0 Å². The van der Waals surface area contributed by atoms with Gasteiger partial charge in [0.15, 0.2) is 0 Å². The summed E-state index contributed by atoms with van der Waals surface area (Å²) in [5.74, 6) is 0. The normalized spacial score (nSPS) is 14.2. The van der Waals surface area contributed by atoms with Gasteiger partial charge in [-0.1, -0.05) is 31.9 Å². The summed E-state index contributed by atoms with van der Waals surface area (Å²) in [5.41, 5.74) is 1.08. The van der Waals surface area contributed by atoms with Crippen LogP contribution >= 0.6 is 0 Å². The highest BCUT2D eigenvalue weighted by Crippen LogP contribution is 2.09. The van der Waals surface area contributed by atoms with Crippen molar-refractivity contribution in [2.24, 2.45) is 0 Å². The van der Waals surface area contributed by atoms with Crippen molar-refractivity contribution in [3.8, 4) is 0 Å². The fourth-order valence-electron chi connectivity index (χ4n) is 1.20. The van der Waals surface area contributed by atoms with E-state index in [2.05, 4.69) is 19.6 Å². The molecule has 0 aromatic heterocycles. The van der Waals surface area contributed by atoms with Crippen molar-refractivity contribution in [1.82, 2.24) is 0 Å². The summed E-state index contributed by atoms with van der Waals surface area (Å²) >= 11 is 0. The molecule has 0 fully saturated rings.